The Morgan fingerprint density at radius 2 is 1.86 bits per heavy atom. The molecule has 1 fully saturated rings. The van der Waals surface area contributed by atoms with Crippen LogP contribution in [0.3, 0.4) is 0 Å². The van der Waals surface area contributed by atoms with Crippen molar-refractivity contribution in [3.8, 4) is 5.75 Å². The Morgan fingerprint density at radius 1 is 1.14 bits per heavy atom. The summed E-state index contributed by atoms with van der Waals surface area (Å²) in [5.74, 6) is -0.223. The van der Waals surface area contributed by atoms with Gasteiger partial charge in [0.05, 0.1) is 18.8 Å². The van der Waals surface area contributed by atoms with Gasteiger partial charge in [-0.05, 0) is 30.7 Å². The van der Waals surface area contributed by atoms with Gasteiger partial charge in [-0.2, -0.15) is 0 Å². The average Bonchev–Trinajstić information content (AvgIpc) is 3.01. The molecule has 22 heavy (non-hydrogen) atoms. The third kappa shape index (κ3) is 3.03. The molecule has 0 amide bonds. The largest absolute Gasteiger partial charge is 0.488 e. The van der Waals surface area contributed by atoms with Gasteiger partial charge in [0.25, 0.3) is 0 Å². The zero-order valence-electron chi connectivity index (χ0n) is 12.5. The highest BCUT2D eigenvalue weighted by Gasteiger charge is 2.33. The van der Waals surface area contributed by atoms with E-state index in [0.717, 1.165) is 17.4 Å². The van der Waals surface area contributed by atoms with Crippen LogP contribution in [0.4, 0.5) is 0 Å². The summed E-state index contributed by atoms with van der Waals surface area (Å²) < 4.78 is 17.0. The lowest BCUT2D eigenvalue weighted by molar-refractivity contribution is -0.149. The molecule has 4 heteroatoms. The number of hydrogen-bond acceptors (Lipinski definition) is 4. The number of rotatable bonds is 5. The summed E-state index contributed by atoms with van der Waals surface area (Å²) in [5.41, 5.74) is 2.37. The first-order chi connectivity index (χ1) is 10.7. The van der Waals surface area contributed by atoms with E-state index >= 15 is 0 Å². The molecule has 0 atom stereocenters. The van der Waals surface area contributed by atoms with Crippen LogP contribution in [0.15, 0.2) is 48.5 Å². The van der Waals surface area contributed by atoms with Crippen LogP contribution < -0.4 is 4.74 Å². The molecule has 1 aliphatic rings. The summed E-state index contributed by atoms with van der Waals surface area (Å²) in [6.07, 6.45) is 0.794. The van der Waals surface area contributed by atoms with Crippen LogP contribution in [0.25, 0.3) is 0 Å². The van der Waals surface area contributed by atoms with Crippen molar-refractivity contribution in [1.29, 1.82) is 0 Å². The summed E-state index contributed by atoms with van der Waals surface area (Å²) >= 11 is 0. The fourth-order valence-corrected chi connectivity index (χ4v) is 2.47. The quantitative estimate of drug-likeness (QED) is 0.795. The standard InChI is InChI=1S/C18H18O4/c1-18(21-9-10-22-18)16-7-8-17(15(11-16)12-19)20-13-14-5-3-2-4-6-14/h2-8,11-12H,9-10,13H2,1H3. The van der Waals surface area contributed by atoms with Crippen molar-refractivity contribution < 1.29 is 19.0 Å². The van der Waals surface area contributed by atoms with E-state index in [0.29, 0.717) is 31.1 Å². The molecule has 0 saturated carbocycles. The highest BCUT2D eigenvalue weighted by atomic mass is 16.7. The van der Waals surface area contributed by atoms with Gasteiger partial charge in [-0.1, -0.05) is 30.3 Å². The molecule has 0 radical (unpaired) electrons. The topological polar surface area (TPSA) is 44.8 Å². The van der Waals surface area contributed by atoms with Crippen LogP contribution in [0, 0.1) is 0 Å². The molecular formula is C18H18O4. The Kier molecular flexibility index (Phi) is 4.22. The molecule has 4 nitrogen and oxygen atoms in total. The molecule has 1 heterocycles. The molecule has 0 spiro atoms. The van der Waals surface area contributed by atoms with Gasteiger partial charge in [0, 0.05) is 5.56 Å². The number of benzene rings is 2. The molecule has 1 saturated heterocycles. The maximum absolute atomic E-state index is 11.3. The average molecular weight is 298 g/mol. The van der Waals surface area contributed by atoms with Gasteiger partial charge in [-0.3, -0.25) is 4.79 Å². The number of aldehydes is 1. The fourth-order valence-electron chi connectivity index (χ4n) is 2.47. The molecule has 0 bridgehead atoms. The van der Waals surface area contributed by atoms with Crippen LogP contribution in [-0.2, 0) is 21.9 Å². The fraction of sp³-hybridized carbons (Fsp3) is 0.278. The second-order valence-corrected chi connectivity index (χ2v) is 5.29. The minimum Gasteiger partial charge on any atom is -0.488 e. The molecule has 0 aromatic heterocycles. The zero-order chi connectivity index (χ0) is 15.4. The van der Waals surface area contributed by atoms with E-state index in [1.165, 1.54) is 0 Å². The number of carbonyl (C=O) groups is 1. The summed E-state index contributed by atoms with van der Waals surface area (Å²) in [5, 5.41) is 0. The van der Waals surface area contributed by atoms with Gasteiger partial charge in [0.15, 0.2) is 12.1 Å². The van der Waals surface area contributed by atoms with Gasteiger partial charge < -0.3 is 14.2 Å². The van der Waals surface area contributed by atoms with Crippen molar-refractivity contribution in [3.63, 3.8) is 0 Å². The first-order valence-corrected chi connectivity index (χ1v) is 7.26. The van der Waals surface area contributed by atoms with E-state index < -0.39 is 5.79 Å². The Bertz CT molecular complexity index is 645. The maximum atomic E-state index is 11.3. The number of carbonyl (C=O) groups excluding carboxylic acids is 1. The Labute approximate surface area is 129 Å². The lowest BCUT2D eigenvalue weighted by Crippen LogP contribution is -2.22. The molecule has 0 N–H and O–H groups in total. The first kappa shape index (κ1) is 14.8. The van der Waals surface area contributed by atoms with E-state index in [1.807, 2.05) is 43.3 Å². The van der Waals surface area contributed by atoms with Crippen LogP contribution in [0.1, 0.15) is 28.4 Å². The minimum absolute atomic E-state index is 0.422. The third-order valence-corrected chi connectivity index (χ3v) is 3.74. The van der Waals surface area contributed by atoms with Crippen molar-refractivity contribution in [1.82, 2.24) is 0 Å². The highest BCUT2D eigenvalue weighted by molar-refractivity contribution is 5.79. The van der Waals surface area contributed by atoms with Gasteiger partial charge in [0.1, 0.15) is 12.4 Å². The predicted octanol–water partition coefficient (Wildman–Crippen LogP) is 3.30. The normalized spacial score (nSPS) is 16.4. The minimum atomic E-state index is -0.782. The second-order valence-electron chi connectivity index (χ2n) is 5.29. The van der Waals surface area contributed by atoms with E-state index in [4.69, 9.17) is 14.2 Å². The van der Waals surface area contributed by atoms with Crippen molar-refractivity contribution in [2.75, 3.05) is 13.2 Å². The predicted molar refractivity (Wildman–Crippen MR) is 81.9 cm³/mol. The lowest BCUT2D eigenvalue weighted by Gasteiger charge is -2.23. The highest BCUT2D eigenvalue weighted by Crippen LogP contribution is 2.33. The maximum Gasteiger partial charge on any atom is 0.192 e. The molecule has 3 rings (SSSR count). The lowest BCUT2D eigenvalue weighted by atomic mass is 10.0. The summed E-state index contributed by atoms with van der Waals surface area (Å²) in [7, 11) is 0. The van der Waals surface area contributed by atoms with Crippen LogP contribution >= 0.6 is 0 Å². The molecule has 2 aromatic carbocycles. The summed E-state index contributed by atoms with van der Waals surface area (Å²) in [6, 6.07) is 15.3. The van der Waals surface area contributed by atoms with Crippen molar-refractivity contribution in [2.24, 2.45) is 0 Å². The molecule has 0 unspecified atom stereocenters. The Hall–Kier alpha value is -2.17. The van der Waals surface area contributed by atoms with Crippen LogP contribution in [0.2, 0.25) is 0 Å². The smallest absolute Gasteiger partial charge is 0.192 e. The van der Waals surface area contributed by atoms with E-state index in [1.54, 1.807) is 12.1 Å². The first-order valence-electron chi connectivity index (χ1n) is 7.26. The monoisotopic (exact) mass is 298 g/mol. The van der Waals surface area contributed by atoms with E-state index in [-0.39, 0.29) is 0 Å². The van der Waals surface area contributed by atoms with E-state index in [2.05, 4.69) is 0 Å². The Morgan fingerprint density at radius 3 is 2.55 bits per heavy atom. The summed E-state index contributed by atoms with van der Waals surface area (Å²) in [4.78, 5) is 11.3. The second kappa shape index (κ2) is 6.30. The number of hydrogen-bond donors (Lipinski definition) is 0. The molecule has 1 aliphatic heterocycles. The van der Waals surface area contributed by atoms with E-state index in [9.17, 15) is 4.79 Å². The van der Waals surface area contributed by atoms with Crippen molar-refractivity contribution in [2.45, 2.75) is 19.3 Å². The molecule has 114 valence electrons. The van der Waals surface area contributed by atoms with Crippen LogP contribution in [0.5, 0.6) is 5.75 Å². The van der Waals surface area contributed by atoms with Crippen LogP contribution in [-0.4, -0.2) is 19.5 Å². The van der Waals surface area contributed by atoms with Crippen molar-refractivity contribution >= 4 is 6.29 Å². The third-order valence-electron chi connectivity index (χ3n) is 3.74. The Balaban J connectivity index is 1.79. The molecule has 2 aromatic rings. The molecule has 0 aliphatic carbocycles. The van der Waals surface area contributed by atoms with Gasteiger partial charge >= 0.3 is 0 Å². The van der Waals surface area contributed by atoms with Gasteiger partial charge in [0.2, 0.25) is 0 Å². The number of ether oxygens (including phenoxy) is 3. The summed E-state index contributed by atoms with van der Waals surface area (Å²) in [6.45, 7) is 3.39. The zero-order valence-corrected chi connectivity index (χ0v) is 12.5. The SMILES string of the molecule is CC1(c2ccc(OCc3ccccc3)c(C=O)c2)OCCO1. The van der Waals surface area contributed by atoms with Gasteiger partial charge in [-0.15, -0.1) is 0 Å². The molecular weight excluding hydrogens is 280 g/mol. The van der Waals surface area contributed by atoms with Crippen molar-refractivity contribution in [3.05, 3.63) is 65.2 Å². The van der Waals surface area contributed by atoms with Gasteiger partial charge in [-0.25, -0.2) is 0 Å².